The predicted octanol–water partition coefficient (Wildman–Crippen LogP) is 4.39. The Labute approximate surface area is 131 Å². The van der Waals surface area contributed by atoms with Crippen molar-refractivity contribution < 1.29 is 9.21 Å². The first-order chi connectivity index (χ1) is 10.6. The SMILES string of the molecule is CC(c1cc2ccccc2o1)N(C)C(=O)C1CC2CCC1C2. The van der Waals surface area contributed by atoms with Gasteiger partial charge in [0.05, 0.1) is 6.04 Å². The van der Waals surface area contributed by atoms with Gasteiger partial charge >= 0.3 is 0 Å². The Bertz CT molecular complexity index is 671. The highest BCUT2D eigenvalue weighted by molar-refractivity contribution is 5.81. The molecule has 2 fully saturated rings. The van der Waals surface area contributed by atoms with Gasteiger partial charge in [0.1, 0.15) is 11.3 Å². The summed E-state index contributed by atoms with van der Waals surface area (Å²) in [5.41, 5.74) is 0.894. The second-order valence-electron chi connectivity index (χ2n) is 7.09. The minimum atomic E-state index is -0.0148. The van der Waals surface area contributed by atoms with E-state index in [4.69, 9.17) is 4.42 Å². The number of fused-ring (bicyclic) bond motifs is 3. The smallest absolute Gasteiger partial charge is 0.226 e. The topological polar surface area (TPSA) is 33.5 Å². The number of para-hydroxylation sites is 1. The van der Waals surface area contributed by atoms with Crippen molar-refractivity contribution in [3.05, 3.63) is 36.1 Å². The fraction of sp³-hybridized carbons (Fsp3) is 0.526. The quantitative estimate of drug-likeness (QED) is 0.842. The molecule has 1 heterocycles. The van der Waals surface area contributed by atoms with Crippen LogP contribution in [0.4, 0.5) is 0 Å². The molecule has 2 aliphatic rings. The lowest BCUT2D eigenvalue weighted by atomic mass is 9.87. The van der Waals surface area contributed by atoms with Crippen LogP contribution >= 0.6 is 0 Å². The van der Waals surface area contributed by atoms with Crippen molar-refractivity contribution in [2.45, 2.75) is 38.6 Å². The van der Waals surface area contributed by atoms with E-state index in [0.717, 1.165) is 29.1 Å². The van der Waals surface area contributed by atoms with Crippen molar-refractivity contribution in [2.75, 3.05) is 7.05 Å². The lowest BCUT2D eigenvalue weighted by molar-refractivity contribution is -0.138. The zero-order valence-electron chi connectivity index (χ0n) is 13.3. The van der Waals surface area contributed by atoms with Crippen molar-refractivity contribution in [1.29, 1.82) is 0 Å². The third kappa shape index (κ3) is 2.15. The van der Waals surface area contributed by atoms with Crippen LogP contribution < -0.4 is 0 Å². The van der Waals surface area contributed by atoms with E-state index in [1.165, 1.54) is 19.3 Å². The van der Waals surface area contributed by atoms with Gasteiger partial charge in [-0.25, -0.2) is 0 Å². The summed E-state index contributed by atoms with van der Waals surface area (Å²) in [6.45, 7) is 2.06. The number of benzene rings is 1. The minimum absolute atomic E-state index is 0.0148. The monoisotopic (exact) mass is 297 g/mol. The molecule has 1 amide bonds. The molecule has 2 aromatic rings. The van der Waals surface area contributed by atoms with Crippen molar-refractivity contribution >= 4 is 16.9 Å². The number of hydrogen-bond acceptors (Lipinski definition) is 2. The molecule has 2 aliphatic carbocycles. The van der Waals surface area contributed by atoms with Crippen molar-refractivity contribution in [1.82, 2.24) is 4.90 Å². The maximum absolute atomic E-state index is 12.8. The Morgan fingerprint density at radius 3 is 2.77 bits per heavy atom. The third-order valence-corrected chi connectivity index (χ3v) is 5.84. The fourth-order valence-electron chi connectivity index (χ4n) is 4.40. The second kappa shape index (κ2) is 5.15. The summed E-state index contributed by atoms with van der Waals surface area (Å²) in [6.07, 6.45) is 4.94. The molecule has 2 bridgehead atoms. The highest BCUT2D eigenvalue weighted by Gasteiger charge is 2.44. The first kappa shape index (κ1) is 13.9. The maximum Gasteiger partial charge on any atom is 0.226 e. The summed E-state index contributed by atoms with van der Waals surface area (Å²) in [4.78, 5) is 14.7. The van der Waals surface area contributed by atoms with Gasteiger partial charge in [0, 0.05) is 18.4 Å². The normalized spacial score (nSPS) is 28.2. The third-order valence-electron chi connectivity index (χ3n) is 5.84. The summed E-state index contributed by atoms with van der Waals surface area (Å²) < 4.78 is 5.93. The number of rotatable bonds is 3. The lowest BCUT2D eigenvalue weighted by Gasteiger charge is -2.30. The molecule has 116 valence electrons. The Balaban J connectivity index is 1.53. The zero-order valence-corrected chi connectivity index (χ0v) is 13.3. The van der Waals surface area contributed by atoms with Gasteiger partial charge in [0.2, 0.25) is 5.91 Å². The summed E-state index contributed by atoms with van der Waals surface area (Å²) >= 11 is 0. The van der Waals surface area contributed by atoms with Crippen LogP contribution in [0.5, 0.6) is 0 Å². The minimum Gasteiger partial charge on any atom is -0.459 e. The van der Waals surface area contributed by atoms with Gasteiger partial charge in [0.25, 0.3) is 0 Å². The molecule has 0 aliphatic heterocycles. The van der Waals surface area contributed by atoms with E-state index < -0.39 is 0 Å². The zero-order chi connectivity index (χ0) is 15.3. The number of furan rings is 1. The number of carbonyl (C=O) groups is 1. The van der Waals surface area contributed by atoms with Crippen molar-refractivity contribution in [3.63, 3.8) is 0 Å². The molecule has 4 unspecified atom stereocenters. The summed E-state index contributed by atoms with van der Waals surface area (Å²) in [7, 11) is 1.92. The molecule has 2 saturated carbocycles. The lowest BCUT2D eigenvalue weighted by Crippen LogP contribution is -2.37. The van der Waals surface area contributed by atoms with E-state index in [0.29, 0.717) is 11.8 Å². The molecule has 0 N–H and O–H groups in total. The number of carbonyl (C=O) groups excluding carboxylic acids is 1. The Morgan fingerprint density at radius 1 is 1.27 bits per heavy atom. The molecule has 1 aromatic carbocycles. The van der Waals surface area contributed by atoms with E-state index in [1.54, 1.807) is 0 Å². The molecule has 0 saturated heterocycles. The van der Waals surface area contributed by atoms with E-state index in [1.807, 2.05) is 36.2 Å². The van der Waals surface area contributed by atoms with Crippen LogP contribution in [0.3, 0.4) is 0 Å². The molecule has 4 atom stereocenters. The largest absolute Gasteiger partial charge is 0.459 e. The summed E-state index contributed by atoms with van der Waals surface area (Å²) in [5.74, 6) is 2.85. The predicted molar refractivity (Wildman–Crippen MR) is 86.3 cm³/mol. The Kier molecular flexibility index (Phi) is 3.24. The van der Waals surface area contributed by atoms with Crippen LogP contribution in [0, 0.1) is 17.8 Å². The molecule has 1 aromatic heterocycles. The van der Waals surface area contributed by atoms with Crippen LogP contribution in [-0.4, -0.2) is 17.9 Å². The average molecular weight is 297 g/mol. The Morgan fingerprint density at radius 2 is 2.09 bits per heavy atom. The van der Waals surface area contributed by atoms with E-state index >= 15 is 0 Å². The van der Waals surface area contributed by atoms with Crippen molar-refractivity contribution in [3.8, 4) is 0 Å². The highest BCUT2D eigenvalue weighted by Crippen LogP contribution is 2.49. The standard InChI is InChI=1S/C19H23NO2/c1-12(18-11-15-5-3-4-6-17(15)22-18)20(2)19(21)16-10-13-7-8-14(16)9-13/h3-6,11-14,16H,7-10H2,1-2H3. The van der Waals surface area contributed by atoms with Gasteiger partial charge in [-0.3, -0.25) is 4.79 Å². The molecule has 22 heavy (non-hydrogen) atoms. The van der Waals surface area contributed by atoms with Crippen LogP contribution in [0.25, 0.3) is 11.0 Å². The molecule has 0 spiro atoms. The van der Waals surface area contributed by atoms with Gasteiger partial charge in [-0.15, -0.1) is 0 Å². The summed E-state index contributed by atoms with van der Waals surface area (Å²) in [5, 5.41) is 1.10. The molecule has 3 heteroatoms. The van der Waals surface area contributed by atoms with Gasteiger partial charge in [0.15, 0.2) is 0 Å². The van der Waals surface area contributed by atoms with E-state index in [9.17, 15) is 4.79 Å². The number of nitrogens with zero attached hydrogens (tertiary/aromatic N) is 1. The maximum atomic E-state index is 12.8. The number of hydrogen-bond donors (Lipinski definition) is 0. The van der Waals surface area contributed by atoms with Gasteiger partial charge in [-0.2, -0.15) is 0 Å². The number of amides is 1. The van der Waals surface area contributed by atoms with Crippen LogP contribution in [-0.2, 0) is 4.79 Å². The van der Waals surface area contributed by atoms with Gasteiger partial charge in [-0.05, 0) is 50.2 Å². The van der Waals surface area contributed by atoms with Crippen LogP contribution in [0.2, 0.25) is 0 Å². The van der Waals surface area contributed by atoms with Crippen molar-refractivity contribution in [2.24, 2.45) is 17.8 Å². The molecule has 3 nitrogen and oxygen atoms in total. The molecule has 4 rings (SSSR count). The highest BCUT2D eigenvalue weighted by atomic mass is 16.3. The van der Waals surface area contributed by atoms with Gasteiger partial charge < -0.3 is 9.32 Å². The van der Waals surface area contributed by atoms with E-state index in [-0.39, 0.29) is 12.0 Å². The fourth-order valence-corrected chi connectivity index (χ4v) is 4.40. The first-order valence-corrected chi connectivity index (χ1v) is 8.38. The first-order valence-electron chi connectivity index (χ1n) is 8.38. The van der Waals surface area contributed by atoms with Gasteiger partial charge in [-0.1, -0.05) is 24.6 Å². The van der Waals surface area contributed by atoms with Crippen LogP contribution in [0.15, 0.2) is 34.7 Å². The molecule has 0 radical (unpaired) electrons. The molecular formula is C19H23NO2. The average Bonchev–Trinajstić information content (AvgIpc) is 3.26. The Hall–Kier alpha value is -1.77. The second-order valence-corrected chi connectivity index (χ2v) is 7.09. The summed E-state index contributed by atoms with van der Waals surface area (Å²) in [6, 6.07) is 10.1. The van der Waals surface area contributed by atoms with Crippen LogP contribution in [0.1, 0.15) is 44.4 Å². The molecular weight excluding hydrogens is 274 g/mol. The van der Waals surface area contributed by atoms with E-state index in [2.05, 4.69) is 13.0 Å².